The van der Waals surface area contributed by atoms with Crippen LogP contribution in [0.5, 0.6) is 0 Å². The van der Waals surface area contributed by atoms with Gasteiger partial charge >= 0.3 is 12.0 Å². The van der Waals surface area contributed by atoms with Crippen molar-refractivity contribution in [3.63, 3.8) is 0 Å². The van der Waals surface area contributed by atoms with Crippen molar-refractivity contribution in [2.24, 2.45) is 0 Å². The Morgan fingerprint density at radius 1 is 1.36 bits per heavy atom. The van der Waals surface area contributed by atoms with Crippen molar-refractivity contribution in [2.75, 3.05) is 11.9 Å². The third kappa shape index (κ3) is 5.05. The third-order valence-electron chi connectivity index (χ3n) is 4.43. The number of amides is 4. The van der Waals surface area contributed by atoms with Gasteiger partial charge in [0, 0.05) is 5.69 Å². The van der Waals surface area contributed by atoms with Crippen LogP contribution in [0.2, 0.25) is 0 Å². The van der Waals surface area contributed by atoms with E-state index in [1.807, 2.05) is 6.92 Å². The number of nitrogens with one attached hydrogen (secondary N) is 2. The summed E-state index contributed by atoms with van der Waals surface area (Å²) in [6, 6.07) is 4.59. The molecular weight excluding hydrogens is 369 g/mol. The monoisotopic (exact) mass is 393 g/mol. The number of benzene rings is 1. The summed E-state index contributed by atoms with van der Waals surface area (Å²) in [4.78, 5) is 49.5. The molecule has 1 fully saturated rings. The van der Waals surface area contributed by atoms with Crippen LogP contribution < -0.4 is 10.6 Å². The highest BCUT2D eigenvalue weighted by Gasteiger charge is 2.48. The average molecular weight is 393 g/mol. The SMILES string of the molecule is CCCC[C@@]1(C)NC(=O)N(CC(=O)O[C@@H](C)C(=O)Nc2cccc(F)c2)C1=O. The predicted octanol–water partition coefficient (Wildman–Crippen LogP) is 2.20. The van der Waals surface area contributed by atoms with Crippen molar-refractivity contribution in [3.05, 3.63) is 30.1 Å². The molecule has 1 aromatic rings. The first-order valence-electron chi connectivity index (χ1n) is 9.06. The molecule has 0 aliphatic carbocycles. The third-order valence-corrected chi connectivity index (χ3v) is 4.43. The van der Waals surface area contributed by atoms with E-state index in [2.05, 4.69) is 10.6 Å². The molecule has 2 atom stereocenters. The number of rotatable bonds is 8. The molecule has 1 aliphatic heterocycles. The molecule has 0 saturated carbocycles. The van der Waals surface area contributed by atoms with Crippen molar-refractivity contribution >= 4 is 29.5 Å². The number of ether oxygens (including phenoxy) is 1. The summed E-state index contributed by atoms with van der Waals surface area (Å²) in [7, 11) is 0. The van der Waals surface area contributed by atoms with Gasteiger partial charge in [0.05, 0.1) is 0 Å². The van der Waals surface area contributed by atoms with Gasteiger partial charge in [0.1, 0.15) is 17.9 Å². The molecule has 0 bridgehead atoms. The van der Waals surface area contributed by atoms with Crippen molar-refractivity contribution in [2.45, 2.75) is 51.7 Å². The van der Waals surface area contributed by atoms with Crippen LogP contribution in [0.4, 0.5) is 14.9 Å². The fourth-order valence-corrected chi connectivity index (χ4v) is 2.82. The van der Waals surface area contributed by atoms with Crippen LogP contribution in [0.25, 0.3) is 0 Å². The van der Waals surface area contributed by atoms with Crippen LogP contribution in [0.15, 0.2) is 24.3 Å². The van der Waals surface area contributed by atoms with E-state index in [1.54, 1.807) is 6.92 Å². The number of anilines is 1. The smallest absolute Gasteiger partial charge is 0.327 e. The molecule has 1 aliphatic rings. The Hall–Kier alpha value is -2.97. The second kappa shape index (κ2) is 8.81. The lowest BCUT2D eigenvalue weighted by molar-refractivity contribution is -0.155. The van der Waals surface area contributed by atoms with Gasteiger partial charge in [-0.2, -0.15) is 0 Å². The maximum atomic E-state index is 13.2. The Bertz CT molecular complexity index is 785. The Labute approximate surface area is 162 Å². The van der Waals surface area contributed by atoms with E-state index in [9.17, 15) is 23.6 Å². The zero-order chi connectivity index (χ0) is 20.9. The Morgan fingerprint density at radius 3 is 2.71 bits per heavy atom. The number of carbonyl (C=O) groups excluding carboxylic acids is 4. The topological polar surface area (TPSA) is 105 Å². The maximum absolute atomic E-state index is 13.2. The number of hydrogen-bond acceptors (Lipinski definition) is 5. The zero-order valence-electron chi connectivity index (χ0n) is 16.1. The van der Waals surface area contributed by atoms with E-state index in [0.29, 0.717) is 6.42 Å². The molecule has 152 valence electrons. The van der Waals surface area contributed by atoms with Crippen molar-refractivity contribution in [1.29, 1.82) is 0 Å². The first kappa shape index (κ1) is 21.3. The molecular formula is C19H24FN3O5. The van der Waals surface area contributed by atoms with Gasteiger partial charge in [-0.25, -0.2) is 9.18 Å². The molecule has 0 aromatic heterocycles. The number of carbonyl (C=O) groups is 4. The van der Waals surface area contributed by atoms with E-state index >= 15 is 0 Å². The lowest BCUT2D eigenvalue weighted by atomic mass is 9.95. The minimum absolute atomic E-state index is 0.216. The minimum atomic E-state index is -1.19. The lowest BCUT2D eigenvalue weighted by Crippen LogP contribution is -2.44. The number of nitrogens with zero attached hydrogens (tertiary/aromatic N) is 1. The molecule has 0 unspecified atom stereocenters. The first-order chi connectivity index (χ1) is 13.2. The maximum Gasteiger partial charge on any atom is 0.327 e. The van der Waals surface area contributed by atoms with Crippen LogP contribution in [0, 0.1) is 5.82 Å². The molecule has 1 saturated heterocycles. The molecule has 0 spiro atoms. The summed E-state index contributed by atoms with van der Waals surface area (Å²) in [6.45, 7) is 4.33. The van der Waals surface area contributed by atoms with E-state index in [4.69, 9.17) is 4.74 Å². The van der Waals surface area contributed by atoms with Crippen LogP contribution in [-0.4, -0.2) is 46.9 Å². The standard InChI is InChI=1S/C19H24FN3O5/c1-4-5-9-19(3)17(26)23(18(27)22-19)11-15(24)28-12(2)16(25)21-14-8-6-7-13(20)10-14/h6-8,10,12H,4-5,9,11H2,1-3H3,(H,21,25)(H,22,27)/t12-,19+/m0/s1. The van der Waals surface area contributed by atoms with Crippen LogP contribution in [0.1, 0.15) is 40.0 Å². The van der Waals surface area contributed by atoms with Gasteiger partial charge in [-0.3, -0.25) is 19.3 Å². The zero-order valence-corrected chi connectivity index (χ0v) is 16.1. The largest absolute Gasteiger partial charge is 0.451 e. The van der Waals surface area contributed by atoms with Crippen molar-refractivity contribution < 1.29 is 28.3 Å². The molecule has 2 N–H and O–H groups in total. The lowest BCUT2D eigenvalue weighted by Gasteiger charge is -2.21. The van der Waals surface area contributed by atoms with Gasteiger partial charge in [-0.1, -0.05) is 25.8 Å². The first-order valence-corrected chi connectivity index (χ1v) is 9.06. The number of imide groups is 1. The summed E-state index contributed by atoms with van der Waals surface area (Å²) in [5.41, 5.74) is -0.831. The van der Waals surface area contributed by atoms with E-state index in [0.717, 1.165) is 23.8 Å². The van der Waals surface area contributed by atoms with Crippen LogP contribution >= 0.6 is 0 Å². The summed E-state index contributed by atoms with van der Waals surface area (Å²) in [5.74, 6) is -2.58. The summed E-state index contributed by atoms with van der Waals surface area (Å²) < 4.78 is 18.2. The molecule has 1 heterocycles. The van der Waals surface area contributed by atoms with Crippen LogP contribution in [-0.2, 0) is 19.1 Å². The molecule has 28 heavy (non-hydrogen) atoms. The number of esters is 1. The Morgan fingerprint density at radius 2 is 2.07 bits per heavy atom. The van der Waals surface area contributed by atoms with E-state index in [-0.39, 0.29) is 5.69 Å². The molecule has 1 aromatic carbocycles. The van der Waals surface area contributed by atoms with E-state index in [1.165, 1.54) is 25.1 Å². The van der Waals surface area contributed by atoms with Gasteiger partial charge in [-0.15, -0.1) is 0 Å². The molecule has 0 radical (unpaired) electrons. The predicted molar refractivity (Wildman–Crippen MR) is 98.8 cm³/mol. The van der Waals surface area contributed by atoms with Gasteiger partial charge in [-0.05, 0) is 38.5 Å². The number of urea groups is 1. The molecule has 8 nitrogen and oxygen atoms in total. The second-order valence-corrected chi connectivity index (χ2v) is 6.89. The molecule has 9 heteroatoms. The van der Waals surface area contributed by atoms with Gasteiger partial charge in [0.15, 0.2) is 6.10 Å². The highest BCUT2D eigenvalue weighted by molar-refractivity contribution is 6.08. The average Bonchev–Trinajstić information content (AvgIpc) is 2.83. The highest BCUT2D eigenvalue weighted by atomic mass is 19.1. The fourth-order valence-electron chi connectivity index (χ4n) is 2.82. The van der Waals surface area contributed by atoms with Gasteiger partial charge < -0.3 is 15.4 Å². The van der Waals surface area contributed by atoms with Gasteiger partial charge in [0.25, 0.3) is 11.8 Å². The Kier molecular flexibility index (Phi) is 6.71. The number of halogens is 1. The Balaban J connectivity index is 1.91. The number of hydrogen-bond donors (Lipinski definition) is 2. The number of unbranched alkanes of at least 4 members (excludes halogenated alkanes) is 1. The summed E-state index contributed by atoms with van der Waals surface area (Å²) >= 11 is 0. The second-order valence-electron chi connectivity index (χ2n) is 6.89. The summed E-state index contributed by atoms with van der Waals surface area (Å²) in [6.07, 6.45) is 0.881. The molecule has 2 rings (SSSR count). The van der Waals surface area contributed by atoms with Crippen molar-refractivity contribution in [1.82, 2.24) is 10.2 Å². The summed E-state index contributed by atoms with van der Waals surface area (Å²) in [5, 5.41) is 5.02. The highest BCUT2D eigenvalue weighted by Crippen LogP contribution is 2.23. The normalized spacial score (nSPS) is 19.9. The van der Waals surface area contributed by atoms with Gasteiger partial charge in [0.2, 0.25) is 0 Å². The minimum Gasteiger partial charge on any atom is -0.451 e. The van der Waals surface area contributed by atoms with Crippen molar-refractivity contribution in [3.8, 4) is 0 Å². The molecule has 4 amide bonds. The van der Waals surface area contributed by atoms with E-state index < -0.39 is 47.8 Å². The quantitative estimate of drug-likeness (QED) is 0.520. The fraction of sp³-hybridized carbons (Fsp3) is 0.474. The van der Waals surface area contributed by atoms with Crippen LogP contribution in [0.3, 0.4) is 0 Å².